The van der Waals surface area contributed by atoms with Crippen molar-refractivity contribution in [3.8, 4) is 17.6 Å². The molecular formula is C16H21NO3. The summed E-state index contributed by atoms with van der Waals surface area (Å²) in [6.07, 6.45) is 1.44. The standard InChI is InChI=1S/C16H21NO3/c1-4-12(2)10-16(19)17-14-11-13(6-5-9-18)7-8-15(14)20-3/h7-8,11-12,18H,4,9-10H2,1-3H3,(H,17,19). The quantitative estimate of drug-likeness (QED) is 0.811. The van der Waals surface area contributed by atoms with Crippen molar-refractivity contribution in [2.45, 2.75) is 26.7 Å². The van der Waals surface area contributed by atoms with Gasteiger partial charge in [0.15, 0.2) is 0 Å². The van der Waals surface area contributed by atoms with Crippen molar-refractivity contribution in [1.29, 1.82) is 0 Å². The number of carbonyl (C=O) groups excluding carboxylic acids is 1. The second-order valence-electron chi connectivity index (χ2n) is 4.64. The van der Waals surface area contributed by atoms with Gasteiger partial charge in [-0.05, 0) is 24.1 Å². The van der Waals surface area contributed by atoms with Crippen molar-refractivity contribution in [3.05, 3.63) is 23.8 Å². The summed E-state index contributed by atoms with van der Waals surface area (Å²) in [5.41, 5.74) is 1.32. The highest BCUT2D eigenvalue weighted by Crippen LogP contribution is 2.25. The van der Waals surface area contributed by atoms with Crippen LogP contribution in [-0.4, -0.2) is 24.7 Å². The molecule has 0 bridgehead atoms. The molecule has 0 spiro atoms. The van der Waals surface area contributed by atoms with Gasteiger partial charge in [-0.2, -0.15) is 0 Å². The third-order valence-corrected chi connectivity index (χ3v) is 3.02. The molecule has 0 aliphatic heterocycles. The Balaban J connectivity index is 2.88. The van der Waals surface area contributed by atoms with Crippen molar-refractivity contribution in [3.63, 3.8) is 0 Å². The Bertz CT molecular complexity index is 514. The Labute approximate surface area is 120 Å². The Kier molecular flexibility index (Phi) is 6.61. The van der Waals surface area contributed by atoms with Gasteiger partial charge in [-0.15, -0.1) is 0 Å². The minimum Gasteiger partial charge on any atom is -0.495 e. The van der Waals surface area contributed by atoms with Crippen molar-refractivity contribution in [1.82, 2.24) is 0 Å². The van der Waals surface area contributed by atoms with E-state index < -0.39 is 0 Å². The summed E-state index contributed by atoms with van der Waals surface area (Å²) in [4.78, 5) is 11.9. The Morgan fingerprint density at radius 3 is 2.85 bits per heavy atom. The highest BCUT2D eigenvalue weighted by Gasteiger charge is 2.11. The lowest BCUT2D eigenvalue weighted by Gasteiger charge is -2.12. The number of aliphatic hydroxyl groups is 1. The summed E-state index contributed by atoms with van der Waals surface area (Å²) in [7, 11) is 1.55. The van der Waals surface area contributed by atoms with Gasteiger partial charge in [-0.1, -0.05) is 32.1 Å². The Morgan fingerprint density at radius 2 is 2.25 bits per heavy atom. The van der Waals surface area contributed by atoms with E-state index in [0.717, 1.165) is 12.0 Å². The fraction of sp³-hybridized carbons (Fsp3) is 0.438. The number of anilines is 1. The maximum atomic E-state index is 11.9. The summed E-state index contributed by atoms with van der Waals surface area (Å²) in [6, 6.07) is 5.28. The third-order valence-electron chi connectivity index (χ3n) is 3.02. The smallest absolute Gasteiger partial charge is 0.224 e. The monoisotopic (exact) mass is 275 g/mol. The first-order valence-electron chi connectivity index (χ1n) is 6.68. The molecule has 0 radical (unpaired) electrons. The maximum Gasteiger partial charge on any atom is 0.224 e. The van der Waals surface area contributed by atoms with E-state index in [1.165, 1.54) is 0 Å². The molecule has 4 nitrogen and oxygen atoms in total. The highest BCUT2D eigenvalue weighted by atomic mass is 16.5. The lowest BCUT2D eigenvalue weighted by atomic mass is 10.0. The summed E-state index contributed by atoms with van der Waals surface area (Å²) < 4.78 is 5.22. The molecular weight excluding hydrogens is 254 g/mol. The number of hydrogen-bond donors (Lipinski definition) is 2. The molecule has 108 valence electrons. The zero-order valence-electron chi connectivity index (χ0n) is 12.2. The molecule has 1 amide bonds. The zero-order chi connectivity index (χ0) is 15.0. The molecule has 1 rings (SSSR count). The number of hydrogen-bond acceptors (Lipinski definition) is 3. The van der Waals surface area contributed by atoms with Crippen LogP contribution in [0.25, 0.3) is 0 Å². The van der Waals surface area contributed by atoms with Crippen LogP contribution >= 0.6 is 0 Å². The first-order chi connectivity index (χ1) is 9.60. The van der Waals surface area contributed by atoms with Crippen molar-refractivity contribution in [2.75, 3.05) is 19.0 Å². The van der Waals surface area contributed by atoms with E-state index in [-0.39, 0.29) is 12.5 Å². The van der Waals surface area contributed by atoms with Gasteiger partial charge in [-0.3, -0.25) is 4.79 Å². The molecule has 0 aliphatic carbocycles. The van der Waals surface area contributed by atoms with E-state index in [2.05, 4.69) is 24.1 Å². The van der Waals surface area contributed by atoms with Gasteiger partial charge >= 0.3 is 0 Å². The van der Waals surface area contributed by atoms with E-state index in [1.807, 2.05) is 6.92 Å². The molecule has 0 fully saturated rings. The summed E-state index contributed by atoms with van der Waals surface area (Å²) in [5, 5.41) is 11.6. The first kappa shape index (κ1) is 16.1. The van der Waals surface area contributed by atoms with Gasteiger partial charge in [0.25, 0.3) is 0 Å². The van der Waals surface area contributed by atoms with E-state index in [1.54, 1.807) is 25.3 Å². The molecule has 1 atom stereocenters. The van der Waals surface area contributed by atoms with E-state index in [4.69, 9.17) is 9.84 Å². The summed E-state index contributed by atoms with van der Waals surface area (Å²) >= 11 is 0. The number of carbonyl (C=O) groups is 1. The van der Waals surface area contributed by atoms with Crippen molar-refractivity contribution >= 4 is 11.6 Å². The number of benzene rings is 1. The van der Waals surface area contributed by atoms with Gasteiger partial charge in [0.1, 0.15) is 12.4 Å². The molecule has 0 saturated carbocycles. The Morgan fingerprint density at radius 1 is 1.50 bits per heavy atom. The van der Waals surface area contributed by atoms with Crippen LogP contribution in [0.15, 0.2) is 18.2 Å². The number of aliphatic hydroxyl groups excluding tert-OH is 1. The van der Waals surface area contributed by atoms with Crippen LogP contribution in [-0.2, 0) is 4.79 Å². The van der Waals surface area contributed by atoms with Crippen LogP contribution in [0.1, 0.15) is 32.3 Å². The molecule has 1 aromatic carbocycles. The molecule has 1 aromatic rings. The number of nitrogens with one attached hydrogen (secondary N) is 1. The predicted molar refractivity (Wildman–Crippen MR) is 79.7 cm³/mol. The van der Waals surface area contributed by atoms with Crippen molar-refractivity contribution in [2.24, 2.45) is 5.92 Å². The van der Waals surface area contributed by atoms with Crippen LogP contribution in [0, 0.1) is 17.8 Å². The molecule has 20 heavy (non-hydrogen) atoms. The molecule has 0 heterocycles. The number of rotatable bonds is 5. The first-order valence-corrected chi connectivity index (χ1v) is 6.68. The number of ether oxygens (including phenoxy) is 1. The predicted octanol–water partition coefficient (Wildman–Crippen LogP) is 2.41. The summed E-state index contributed by atoms with van der Waals surface area (Å²) in [6.45, 7) is 3.91. The molecule has 2 N–H and O–H groups in total. The minimum atomic E-state index is -0.193. The van der Waals surface area contributed by atoms with E-state index in [0.29, 0.717) is 23.8 Å². The second kappa shape index (κ2) is 8.23. The lowest BCUT2D eigenvalue weighted by molar-refractivity contribution is -0.117. The maximum absolute atomic E-state index is 11.9. The van der Waals surface area contributed by atoms with Crippen LogP contribution in [0.4, 0.5) is 5.69 Å². The van der Waals surface area contributed by atoms with Gasteiger partial charge in [0.05, 0.1) is 12.8 Å². The summed E-state index contributed by atoms with van der Waals surface area (Å²) in [5.74, 6) is 6.28. The minimum absolute atomic E-state index is 0.0371. The Hall–Kier alpha value is -1.99. The second-order valence-corrected chi connectivity index (χ2v) is 4.64. The number of methoxy groups -OCH3 is 1. The van der Waals surface area contributed by atoms with Gasteiger partial charge in [0, 0.05) is 12.0 Å². The highest BCUT2D eigenvalue weighted by molar-refractivity contribution is 5.92. The largest absolute Gasteiger partial charge is 0.495 e. The molecule has 0 aromatic heterocycles. The lowest BCUT2D eigenvalue weighted by Crippen LogP contribution is -2.15. The van der Waals surface area contributed by atoms with Gasteiger partial charge in [0.2, 0.25) is 5.91 Å². The molecule has 1 unspecified atom stereocenters. The van der Waals surface area contributed by atoms with Gasteiger partial charge in [-0.25, -0.2) is 0 Å². The van der Waals surface area contributed by atoms with Crippen LogP contribution in [0.2, 0.25) is 0 Å². The topological polar surface area (TPSA) is 58.6 Å². The van der Waals surface area contributed by atoms with Crippen molar-refractivity contribution < 1.29 is 14.6 Å². The van der Waals surface area contributed by atoms with Crippen LogP contribution < -0.4 is 10.1 Å². The third kappa shape index (κ3) is 4.94. The van der Waals surface area contributed by atoms with Gasteiger partial charge < -0.3 is 15.2 Å². The number of amides is 1. The normalized spacial score (nSPS) is 11.2. The average molecular weight is 275 g/mol. The molecule has 0 saturated heterocycles. The fourth-order valence-electron chi connectivity index (χ4n) is 1.69. The SMILES string of the molecule is CCC(C)CC(=O)Nc1cc(C#CCO)ccc1OC. The molecule has 0 aliphatic rings. The van der Waals surface area contributed by atoms with E-state index in [9.17, 15) is 4.79 Å². The average Bonchev–Trinajstić information content (AvgIpc) is 2.45. The fourth-order valence-corrected chi connectivity index (χ4v) is 1.69. The van der Waals surface area contributed by atoms with Crippen LogP contribution in [0.3, 0.4) is 0 Å². The zero-order valence-corrected chi connectivity index (χ0v) is 12.2. The van der Waals surface area contributed by atoms with E-state index >= 15 is 0 Å². The molecule has 4 heteroatoms. The van der Waals surface area contributed by atoms with Crippen LogP contribution in [0.5, 0.6) is 5.75 Å².